The average molecular weight is 365 g/mol. The highest BCUT2D eigenvalue weighted by molar-refractivity contribution is 7.14. The molecule has 0 radical (unpaired) electrons. The van der Waals surface area contributed by atoms with Gasteiger partial charge in [-0.1, -0.05) is 11.6 Å². The molecule has 126 valence electrons. The molecule has 1 fully saturated rings. The summed E-state index contributed by atoms with van der Waals surface area (Å²) < 4.78 is 5.01. The molecule has 3 heterocycles. The molecule has 2 aromatic rings. The number of fused-ring (bicyclic) bond motifs is 1. The molecule has 24 heavy (non-hydrogen) atoms. The van der Waals surface area contributed by atoms with E-state index >= 15 is 0 Å². The van der Waals surface area contributed by atoms with Crippen LogP contribution in [-0.2, 0) is 11.2 Å². The van der Waals surface area contributed by atoms with Gasteiger partial charge in [-0.05, 0) is 38.5 Å². The van der Waals surface area contributed by atoms with Gasteiger partial charge in [-0.3, -0.25) is 0 Å². The molecule has 1 aliphatic carbocycles. The topological polar surface area (TPSA) is 68.2 Å². The van der Waals surface area contributed by atoms with E-state index in [0.717, 1.165) is 35.9 Å². The van der Waals surface area contributed by atoms with Crippen LogP contribution in [0.25, 0.3) is 0 Å². The average Bonchev–Trinajstić information content (AvgIpc) is 3.29. The summed E-state index contributed by atoms with van der Waals surface area (Å²) in [6.07, 6.45) is 4.30. The monoisotopic (exact) mass is 364 g/mol. The minimum atomic E-state index is -0.391. The maximum Gasteiger partial charge on any atom is 0.357 e. The van der Waals surface area contributed by atoms with Gasteiger partial charge in [0.05, 0.1) is 6.61 Å². The Morgan fingerprint density at radius 2 is 2.29 bits per heavy atom. The molecular formula is C16H17ClN4O2S. The number of nitrogens with zero attached hydrogens (tertiary/aromatic N) is 4. The fourth-order valence-corrected chi connectivity index (χ4v) is 4.22. The smallest absolute Gasteiger partial charge is 0.357 e. The molecule has 0 saturated heterocycles. The second kappa shape index (κ2) is 6.29. The van der Waals surface area contributed by atoms with Crippen LogP contribution in [-0.4, -0.2) is 34.3 Å². The SMILES string of the molecule is CCOC(=O)c1csc(N2CCCc3c2nnc(Cl)c3C2CC2)n1. The van der Waals surface area contributed by atoms with Crippen molar-refractivity contribution in [2.24, 2.45) is 0 Å². The highest BCUT2D eigenvalue weighted by Crippen LogP contribution is 2.47. The third-order valence-electron chi connectivity index (χ3n) is 4.31. The summed E-state index contributed by atoms with van der Waals surface area (Å²) >= 11 is 7.73. The Morgan fingerprint density at radius 1 is 1.46 bits per heavy atom. The first-order valence-electron chi connectivity index (χ1n) is 8.14. The molecule has 8 heteroatoms. The molecule has 2 aromatic heterocycles. The van der Waals surface area contributed by atoms with Crippen molar-refractivity contribution in [1.29, 1.82) is 0 Å². The highest BCUT2D eigenvalue weighted by Gasteiger charge is 2.34. The van der Waals surface area contributed by atoms with Crippen molar-refractivity contribution >= 4 is 39.9 Å². The van der Waals surface area contributed by atoms with Gasteiger partial charge in [-0.25, -0.2) is 9.78 Å². The van der Waals surface area contributed by atoms with Gasteiger partial charge in [0.25, 0.3) is 0 Å². The zero-order chi connectivity index (χ0) is 16.7. The summed E-state index contributed by atoms with van der Waals surface area (Å²) in [6.45, 7) is 2.93. The second-order valence-electron chi connectivity index (χ2n) is 5.97. The summed E-state index contributed by atoms with van der Waals surface area (Å²) in [4.78, 5) is 18.3. The maximum atomic E-state index is 11.8. The van der Waals surface area contributed by atoms with Crippen molar-refractivity contribution < 1.29 is 9.53 Å². The van der Waals surface area contributed by atoms with Crippen LogP contribution in [0.5, 0.6) is 0 Å². The van der Waals surface area contributed by atoms with Crippen LogP contribution in [0, 0.1) is 0 Å². The second-order valence-corrected chi connectivity index (χ2v) is 7.17. The lowest BCUT2D eigenvalue weighted by Gasteiger charge is -2.28. The molecule has 6 nitrogen and oxygen atoms in total. The number of rotatable bonds is 4. The van der Waals surface area contributed by atoms with Gasteiger partial charge < -0.3 is 9.64 Å². The normalized spacial score (nSPS) is 16.8. The van der Waals surface area contributed by atoms with E-state index in [-0.39, 0.29) is 0 Å². The van der Waals surface area contributed by atoms with Crippen LogP contribution in [0.15, 0.2) is 5.38 Å². The Bertz CT molecular complexity index is 790. The van der Waals surface area contributed by atoms with Gasteiger partial charge in [0.1, 0.15) is 0 Å². The Morgan fingerprint density at radius 3 is 3.04 bits per heavy atom. The third kappa shape index (κ3) is 2.75. The summed E-state index contributed by atoms with van der Waals surface area (Å²) in [5, 5.41) is 11.5. The summed E-state index contributed by atoms with van der Waals surface area (Å²) in [5.41, 5.74) is 2.69. The van der Waals surface area contributed by atoms with Gasteiger partial charge in [0.2, 0.25) is 0 Å². The largest absolute Gasteiger partial charge is 0.461 e. The minimum absolute atomic E-state index is 0.340. The van der Waals surface area contributed by atoms with E-state index in [2.05, 4.69) is 15.2 Å². The van der Waals surface area contributed by atoms with E-state index < -0.39 is 5.97 Å². The van der Waals surface area contributed by atoms with Crippen LogP contribution in [0.1, 0.15) is 53.7 Å². The molecule has 2 aliphatic rings. The predicted octanol–water partition coefficient (Wildman–Crippen LogP) is 3.72. The van der Waals surface area contributed by atoms with E-state index in [4.69, 9.17) is 16.3 Å². The Labute approximate surface area is 148 Å². The maximum absolute atomic E-state index is 11.8. The fourth-order valence-electron chi connectivity index (χ4n) is 3.09. The van der Waals surface area contributed by atoms with Crippen molar-refractivity contribution in [3.63, 3.8) is 0 Å². The first-order chi connectivity index (χ1) is 11.7. The van der Waals surface area contributed by atoms with Crippen molar-refractivity contribution in [2.45, 2.75) is 38.5 Å². The fraction of sp³-hybridized carbons (Fsp3) is 0.500. The van der Waals surface area contributed by atoms with Gasteiger partial charge in [-0.2, -0.15) is 0 Å². The quantitative estimate of drug-likeness (QED) is 0.770. The summed E-state index contributed by atoms with van der Waals surface area (Å²) in [6, 6.07) is 0. The number of carbonyl (C=O) groups is 1. The van der Waals surface area contributed by atoms with Crippen LogP contribution in [0.4, 0.5) is 10.9 Å². The number of thiazole rings is 1. The van der Waals surface area contributed by atoms with Crippen LogP contribution in [0.3, 0.4) is 0 Å². The lowest BCUT2D eigenvalue weighted by molar-refractivity contribution is 0.0520. The summed E-state index contributed by atoms with van der Waals surface area (Å²) in [7, 11) is 0. The standard InChI is InChI=1S/C16H17ClN4O2S/c1-2-23-15(22)11-8-24-16(18-11)21-7-3-4-10-12(9-5-6-9)13(17)19-20-14(10)21/h8-9H,2-7H2,1H3. The van der Waals surface area contributed by atoms with E-state index in [1.54, 1.807) is 12.3 Å². The molecule has 0 bridgehead atoms. The first kappa shape index (κ1) is 15.8. The highest BCUT2D eigenvalue weighted by atomic mass is 35.5. The number of ether oxygens (including phenoxy) is 1. The number of esters is 1. The van der Waals surface area contributed by atoms with Gasteiger partial charge in [-0.15, -0.1) is 21.5 Å². The van der Waals surface area contributed by atoms with E-state index in [1.165, 1.54) is 29.7 Å². The molecule has 0 N–H and O–H groups in total. The first-order valence-corrected chi connectivity index (χ1v) is 9.40. The van der Waals surface area contributed by atoms with Crippen molar-refractivity contribution in [3.8, 4) is 0 Å². The van der Waals surface area contributed by atoms with Crippen LogP contribution < -0.4 is 4.90 Å². The zero-order valence-corrected chi connectivity index (χ0v) is 14.9. The van der Waals surface area contributed by atoms with E-state index in [9.17, 15) is 4.79 Å². The Balaban J connectivity index is 1.70. The number of hydrogen-bond acceptors (Lipinski definition) is 7. The molecule has 0 atom stereocenters. The van der Waals surface area contributed by atoms with Crippen LogP contribution >= 0.6 is 22.9 Å². The number of carbonyl (C=O) groups excluding carboxylic acids is 1. The molecule has 0 unspecified atom stereocenters. The molecule has 0 amide bonds. The lowest BCUT2D eigenvalue weighted by Crippen LogP contribution is -2.27. The number of aromatic nitrogens is 3. The van der Waals surface area contributed by atoms with Gasteiger partial charge in [0.15, 0.2) is 21.8 Å². The Kier molecular flexibility index (Phi) is 4.14. The molecule has 1 saturated carbocycles. The van der Waals surface area contributed by atoms with Crippen molar-refractivity contribution in [3.05, 3.63) is 27.4 Å². The molecule has 0 aromatic carbocycles. The van der Waals surface area contributed by atoms with Crippen molar-refractivity contribution in [1.82, 2.24) is 15.2 Å². The summed E-state index contributed by atoms with van der Waals surface area (Å²) in [5.74, 6) is 0.962. The number of hydrogen-bond donors (Lipinski definition) is 0. The number of anilines is 2. The van der Waals surface area contributed by atoms with Crippen LogP contribution in [0.2, 0.25) is 5.15 Å². The van der Waals surface area contributed by atoms with Crippen molar-refractivity contribution in [2.75, 3.05) is 18.1 Å². The van der Waals surface area contributed by atoms with E-state index in [0.29, 0.717) is 23.4 Å². The molecular weight excluding hydrogens is 348 g/mol. The van der Waals surface area contributed by atoms with E-state index in [1.807, 2.05) is 4.90 Å². The predicted molar refractivity (Wildman–Crippen MR) is 92.4 cm³/mol. The van der Waals surface area contributed by atoms with Gasteiger partial charge in [0, 0.05) is 23.1 Å². The molecule has 1 aliphatic heterocycles. The molecule has 4 rings (SSSR count). The third-order valence-corrected chi connectivity index (χ3v) is 5.45. The number of halogens is 1. The van der Waals surface area contributed by atoms with Gasteiger partial charge >= 0.3 is 5.97 Å². The lowest BCUT2D eigenvalue weighted by atomic mass is 9.98. The molecule has 0 spiro atoms. The minimum Gasteiger partial charge on any atom is -0.461 e. The zero-order valence-electron chi connectivity index (χ0n) is 13.3. The Hall–Kier alpha value is -1.73.